The molecule has 0 atom stereocenters. The molecule has 0 bridgehead atoms. The van der Waals surface area contributed by atoms with Crippen LogP contribution in [0.15, 0.2) is 0 Å². The highest BCUT2D eigenvalue weighted by Crippen LogP contribution is 2.36. The SMILES string of the molecule is O=C(O)CN1CCN(CC(=O)O)CCN(CC(=O)N(CCCP(=O)(O)O)CCCP(=O)(O)O)CCN(CC(=O)O)CC1. The van der Waals surface area contributed by atoms with Crippen LogP contribution in [0.3, 0.4) is 0 Å². The number of amides is 1. The van der Waals surface area contributed by atoms with Gasteiger partial charge in [0.25, 0.3) is 0 Å². The zero-order valence-corrected chi connectivity index (χ0v) is 25.2. The zero-order chi connectivity index (χ0) is 31.9. The Labute approximate surface area is 243 Å². The van der Waals surface area contributed by atoms with Crippen LogP contribution in [0, 0.1) is 0 Å². The second kappa shape index (κ2) is 18.6. The predicted octanol–water partition coefficient (Wildman–Crippen LogP) is -2.57. The number of rotatable bonds is 16. The lowest BCUT2D eigenvalue weighted by molar-refractivity contribution is -0.140. The third-order valence-corrected chi connectivity index (χ3v) is 8.27. The van der Waals surface area contributed by atoms with Crippen molar-refractivity contribution in [1.82, 2.24) is 24.5 Å². The highest BCUT2D eigenvalue weighted by molar-refractivity contribution is 7.52. The van der Waals surface area contributed by atoms with Gasteiger partial charge in [0.2, 0.25) is 5.91 Å². The molecule has 42 heavy (non-hydrogen) atoms. The molecule has 0 saturated carbocycles. The van der Waals surface area contributed by atoms with Gasteiger partial charge in [0.15, 0.2) is 0 Å². The van der Waals surface area contributed by atoms with E-state index >= 15 is 0 Å². The van der Waals surface area contributed by atoms with Gasteiger partial charge in [-0.2, -0.15) is 0 Å². The van der Waals surface area contributed by atoms with E-state index in [1.807, 2.05) is 0 Å². The first-order valence-electron chi connectivity index (χ1n) is 13.3. The van der Waals surface area contributed by atoms with Gasteiger partial charge in [-0.15, -0.1) is 0 Å². The molecule has 1 fully saturated rings. The maximum absolute atomic E-state index is 13.3. The lowest BCUT2D eigenvalue weighted by atomic mass is 10.3. The average Bonchev–Trinajstić information content (AvgIpc) is 2.82. The maximum Gasteiger partial charge on any atom is 0.325 e. The van der Waals surface area contributed by atoms with Crippen molar-refractivity contribution in [1.29, 1.82) is 0 Å². The van der Waals surface area contributed by atoms with Gasteiger partial charge in [-0.3, -0.25) is 47.9 Å². The third kappa shape index (κ3) is 19.3. The van der Waals surface area contributed by atoms with E-state index in [2.05, 4.69) is 0 Å². The standard InChI is InChI=1S/C22H43N5O13P2/c28-19(27(3-1-13-41(35,36)37)4-2-14-42(38,39)40)15-23-5-7-24(16-20(29)30)9-11-26(18-22(33)34)12-10-25(8-6-23)17-21(31)32/h1-18H2,(H,29,30)(H,31,32)(H,33,34)(H2,35,36,37)(H2,38,39,40). The lowest BCUT2D eigenvalue weighted by Gasteiger charge is -2.33. The fraction of sp³-hybridized carbons (Fsp3) is 0.818. The number of hydrogen-bond donors (Lipinski definition) is 7. The van der Waals surface area contributed by atoms with Gasteiger partial charge in [-0.05, 0) is 12.8 Å². The predicted molar refractivity (Wildman–Crippen MR) is 148 cm³/mol. The molecule has 1 aliphatic heterocycles. The van der Waals surface area contributed by atoms with E-state index in [-0.39, 0.29) is 104 Å². The molecule has 0 radical (unpaired) electrons. The van der Waals surface area contributed by atoms with Crippen molar-refractivity contribution >= 4 is 39.0 Å². The van der Waals surface area contributed by atoms with E-state index in [0.717, 1.165) is 0 Å². The van der Waals surface area contributed by atoms with Gasteiger partial charge in [-0.1, -0.05) is 0 Å². The van der Waals surface area contributed by atoms with Crippen molar-refractivity contribution in [2.75, 3.05) is 104 Å². The van der Waals surface area contributed by atoms with Crippen LogP contribution in [-0.2, 0) is 28.3 Å². The summed E-state index contributed by atoms with van der Waals surface area (Å²) in [6.07, 6.45) is -1.05. The first-order chi connectivity index (χ1) is 19.4. The van der Waals surface area contributed by atoms with E-state index in [0.29, 0.717) is 0 Å². The number of carbonyl (C=O) groups is 4. The summed E-state index contributed by atoms with van der Waals surface area (Å²) >= 11 is 0. The van der Waals surface area contributed by atoms with Crippen molar-refractivity contribution in [3.8, 4) is 0 Å². The molecule has 1 heterocycles. The summed E-state index contributed by atoms with van der Waals surface area (Å²) in [7, 11) is -8.66. The van der Waals surface area contributed by atoms with E-state index in [1.165, 1.54) is 4.90 Å². The van der Waals surface area contributed by atoms with Crippen LogP contribution < -0.4 is 0 Å². The van der Waals surface area contributed by atoms with Crippen LogP contribution in [-0.4, -0.2) is 187 Å². The minimum Gasteiger partial charge on any atom is -0.480 e. The molecule has 0 unspecified atom stereocenters. The van der Waals surface area contributed by atoms with Crippen LogP contribution in [0.25, 0.3) is 0 Å². The minimum absolute atomic E-state index is 0.0441. The Morgan fingerprint density at radius 2 is 0.786 bits per heavy atom. The molecule has 0 aromatic heterocycles. The van der Waals surface area contributed by atoms with Gasteiger partial charge in [0.1, 0.15) is 0 Å². The summed E-state index contributed by atoms with van der Waals surface area (Å²) < 4.78 is 22.5. The Balaban J connectivity index is 3.09. The van der Waals surface area contributed by atoms with Gasteiger partial charge in [0, 0.05) is 65.4 Å². The molecule has 0 aromatic carbocycles. The Kier molecular flexibility index (Phi) is 16.9. The molecule has 18 nitrogen and oxygen atoms in total. The molecule has 0 spiro atoms. The molecule has 1 rings (SSSR count). The Hall–Kier alpha value is -1.98. The number of carboxylic acids is 3. The van der Waals surface area contributed by atoms with Gasteiger partial charge < -0.3 is 39.8 Å². The number of carboxylic acid groups (broad SMARTS) is 3. The summed E-state index contributed by atoms with van der Waals surface area (Å²) in [4.78, 5) is 91.9. The first-order valence-corrected chi connectivity index (χ1v) is 16.9. The molecular weight excluding hydrogens is 604 g/mol. The number of nitrogens with zero attached hydrogens (tertiary/aromatic N) is 5. The average molecular weight is 648 g/mol. The molecule has 1 amide bonds. The molecule has 1 aliphatic rings. The second-order valence-electron chi connectivity index (χ2n) is 10.2. The van der Waals surface area contributed by atoms with Crippen LogP contribution in [0.2, 0.25) is 0 Å². The van der Waals surface area contributed by atoms with E-state index in [4.69, 9.17) is 19.6 Å². The van der Waals surface area contributed by atoms with Crippen molar-refractivity contribution in [2.45, 2.75) is 12.8 Å². The third-order valence-electron chi connectivity index (χ3n) is 6.47. The van der Waals surface area contributed by atoms with E-state index in [1.54, 1.807) is 19.6 Å². The summed E-state index contributed by atoms with van der Waals surface area (Å²) in [5.74, 6) is -3.74. The number of hydrogen-bond acceptors (Lipinski definition) is 10. The summed E-state index contributed by atoms with van der Waals surface area (Å²) in [6.45, 7) is 0.313. The summed E-state index contributed by atoms with van der Waals surface area (Å²) in [6, 6.07) is 0. The van der Waals surface area contributed by atoms with Crippen LogP contribution >= 0.6 is 15.2 Å². The monoisotopic (exact) mass is 647 g/mol. The molecular formula is C22H43N5O13P2. The highest BCUT2D eigenvalue weighted by Gasteiger charge is 2.24. The van der Waals surface area contributed by atoms with Crippen LogP contribution in [0.4, 0.5) is 0 Å². The largest absolute Gasteiger partial charge is 0.480 e. The van der Waals surface area contributed by atoms with E-state index in [9.17, 15) is 43.6 Å². The van der Waals surface area contributed by atoms with Gasteiger partial charge in [-0.25, -0.2) is 0 Å². The first kappa shape index (κ1) is 38.0. The second-order valence-corrected chi connectivity index (χ2v) is 13.7. The fourth-order valence-electron chi connectivity index (χ4n) is 4.37. The molecule has 7 N–H and O–H groups in total. The topological polar surface area (TPSA) is 260 Å². The van der Waals surface area contributed by atoms with Gasteiger partial charge in [0.05, 0.1) is 38.5 Å². The molecule has 244 valence electrons. The van der Waals surface area contributed by atoms with Crippen molar-refractivity contribution < 1.29 is 63.2 Å². The molecule has 0 aromatic rings. The highest BCUT2D eigenvalue weighted by atomic mass is 31.2. The van der Waals surface area contributed by atoms with Crippen LogP contribution in [0.1, 0.15) is 12.8 Å². The lowest BCUT2D eigenvalue weighted by Crippen LogP contribution is -2.50. The van der Waals surface area contributed by atoms with E-state index < -0.39 is 51.3 Å². The van der Waals surface area contributed by atoms with Crippen LogP contribution in [0.5, 0.6) is 0 Å². The Bertz CT molecular complexity index is 932. The molecule has 1 saturated heterocycles. The summed E-state index contributed by atoms with van der Waals surface area (Å²) in [5.41, 5.74) is 0. The maximum atomic E-state index is 13.3. The van der Waals surface area contributed by atoms with Gasteiger partial charge >= 0.3 is 33.1 Å². The Morgan fingerprint density at radius 3 is 1.02 bits per heavy atom. The quantitative estimate of drug-likeness (QED) is 0.0849. The minimum atomic E-state index is -4.33. The number of carbonyl (C=O) groups excluding carboxylic acids is 1. The van der Waals surface area contributed by atoms with Crippen molar-refractivity contribution in [2.24, 2.45) is 0 Å². The van der Waals surface area contributed by atoms with Crippen molar-refractivity contribution in [3.05, 3.63) is 0 Å². The zero-order valence-electron chi connectivity index (χ0n) is 23.4. The summed E-state index contributed by atoms with van der Waals surface area (Å²) in [5, 5.41) is 28.0. The van der Waals surface area contributed by atoms with Crippen molar-refractivity contribution in [3.63, 3.8) is 0 Å². The Morgan fingerprint density at radius 1 is 0.524 bits per heavy atom. The smallest absolute Gasteiger partial charge is 0.325 e. The fourth-order valence-corrected chi connectivity index (χ4v) is 5.48. The molecule has 0 aliphatic carbocycles. The number of aliphatic carboxylic acids is 3. The molecule has 20 heteroatoms. The normalized spacial score (nSPS) is 17.7.